The lowest BCUT2D eigenvalue weighted by molar-refractivity contribution is 0.791. The van der Waals surface area contributed by atoms with E-state index in [2.05, 4.69) is 11.9 Å². The van der Waals surface area contributed by atoms with Crippen molar-refractivity contribution in [2.45, 2.75) is 33.1 Å². The van der Waals surface area contributed by atoms with Crippen molar-refractivity contribution in [2.24, 2.45) is 0 Å². The van der Waals surface area contributed by atoms with E-state index in [0.717, 1.165) is 30.4 Å². The molecule has 0 aliphatic heterocycles. The predicted molar refractivity (Wildman–Crippen MR) is 57.6 cm³/mol. The molecule has 0 fully saturated rings. The summed E-state index contributed by atoms with van der Waals surface area (Å²) in [5, 5.41) is 1.05. The van der Waals surface area contributed by atoms with Gasteiger partial charge in [0.2, 0.25) is 0 Å². The molecular formula is C10H13Cl2N. The zero-order valence-corrected chi connectivity index (χ0v) is 9.41. The summed E-state index contributed by atoms with van der Waals surface area (Å²) in [5.74, 6) is 0. The number of unbranched alkanes of at least 4 members (excludes halogenated alkanes) is 1. The van der Waals surface area contributed by atoms with Gasteiger partial charge < -0.3 is 0 Å². The molecule has 3 heteroatoms. The molecule has 0 N–H and O–H groups in total. The van der Waals surface area contributed by atoms with Crippen LogP contribution in [-0.4, -0.2) is 4.98 Å². The molecule has 0 aliphatic carbocycles. The van der Waals surface area contributed by atoms with E-state index in [-0.39, 0.29) is 0 Å². The van der Waals surface area contributed by atoms with Crippen molar-refractivity contribution >= 4 is 23.2 Å². The summed E-state index contributed by atoms with van der Waals surface area (Å²) < 4.78 is 0. The first-order valence-electron chi connectivity index (χ1n) is 4.46. The fraction of sp³-hybridized carbons (Fsp3) is 0.500. The topological polar surface area (TPSA) is 12.9 Å². The molecule has 72 valence electrons. The van der Waals surface area contributed by atoms with Gasteiger partial charge in [-0.05, 0) is 37.0 Å². The predicted octanol–water partition coefficient (Wildman–Crippen LogP) is 4.04. The third-order valence-corrected chi connectivity index (χ3v) is 2.69. The molecule has 1 heterocycles. The van der Waals surface area contributed by atoms with Crippen molar-refractivity contribution in [1.82, 2.24) is 4.98 Å². The highest BCUT2D eigenvalue weighted by molar-refractivity contribution is 6.33. The molecule has 0 aliphatic rings. The van der Waals surface area contributed by atoms with Gasteiger partial charge in [0.25, 0.3) is 0 Å². The second-order valence-electron chi connectivity index (χ2n) is 3.15. The minimum Gasteiger partial charge on any atom is -0.224 e. The van der Waals surface area contributed by atoms with E-state index in [1.54, 1.807) is 0 Å². The van der Waals surface area contributed by atoms with Crippen LogP contribution in [0.4, 0.5) is 0 Å². The smallest absolute Gasteiger partial charge is 0.134 e. The van der Waals surface area contributed by atoms with Crippen LogP contribution < -0.4 is 0 Å². The largest absolute Gasteiger partial charge is 0.224 e. The van der Waals surface area contributed by atoms with E-state index in [1.165, 1.54) is 0 Å². The molecule has 13 heavy (non-hydrogen) atoms. The van der Waals surface area contributed by atoms with Crippen molar-refractivity contribution in [1.29, 1.82) is 0 Å². The van der Waals surface area contributed by atoms with Crippen molar-refractivity contribution in [2.75, 3.05) is 0 Å². The molecule has 0 bridgehead atoms. The van der Waals surface area contributed by atoms with Gasteiger partial charge in [0.05, 0.1) is 0 Å². The van der Waals surface area contributed by atoms with Crippen molar-refractivity contribution < 1.29 is 0 Å². The van der Waals surface area contributed by atoms with Gasteiger partial charge in [-0.25, -0.2) is 4.98 Å². The molecule has 1 aromatic rings. The molecule has 1 aromatic heterocycles. The lowest BCUT2D eigenvalue weighted by atomic mass is 10.1. The number of aryl methyl sites for hydroxylation is 2. The van der Waals surface area contributed by atoms with Crippen LogP contribution in [0.2, 0.25) is 10.3 Å². The van der Waals surface area contributed by atoms with E-state index in [4.69, 9.17) is 23.2 Å². The summed E-state index contributed by atoms with van der Waals surface area (Å²) >= 11 is 11.8. The second kappa shape index (κ2) is 4.83. The number of rotatable bonds is 3. The summed E-state index contributed by atoms with van der Waals surface area (Å²) in [6.45, 7) is 4.10. The second-order valence-corrected chi connectivity index (χ2v) is 3.87. The zero-order chi connectivity index (χ0) is 9.84. The lowest BCUT2D eigenvalue weighted by Crippen LogP contribution is -1.92. The Morgan fingerprint density at radius 1 is 1.31 bits per heavy atom. The molecule has 1 nitrogen and oxygen atoms in total. The monoisotopic (exact) mass is 217 g/mol. The number of aromatic nitrogens is 1. The average molecular weight is 218 g/mol. The highest BCUT2D eigenvalue weighted by Crippen LogP contribution is 2.22. The molecule has 0 aromatic carbocycles. The number of nitrogens with zero attached hydrogens (tertiary/aromatic N) is 1. The maximum absolute atomic E-state index is 5.94. The first-order valence-corrected chi connectivity index (χ1v) is 5.22. The molecule has 0 unspecified atom stereocenters. The normalized spacial score (nSPS) is 10.5. The molecule has 0 saturated heterocycles. The number of hydrogen-bond acceptors (Lipinski definition) is 1. The number of hydrogen-bond donors (Lipinski definition) is 0. The van der Waals surface area contributed by atoms with Crippen LogP contribution in [-0.2, 0) is 6.42 Å². The Labute approximate surface area is 89.1 Å². The van der Waals surface area contributed by atoms with Gasteiger partial charge in [-0.15, -0.1) is 0 Å². The molecule has 1 rings (SSSR count). The van der Waals surface area contributed by atoms with Crippen LogP contribution in [0.3, 0.4) is 0 Å². The van der Waals surface area contributed by atoms with Gasteiger partial charge >= 0.3 is 0 Å². The van der Waals surface area contributed by atoms with Crippen LogP contribution in [0.1, 0.15) is 30.9 Å². The summed E-state index contributed by atoms with van der Waals surface area (Å²) in [7, 11) is 0. The molecular weight excluding hydrogens is 205 g/mol. The molecule has 0 radical (unpaired) electrons. The lowest BCUT2D eigenvalue weighted by Gasteiger charge is -2.05. The van der Waals surface area contributed by atoms with Crippen LogP contribution in [0.25, 0.3) is 0 Å². The van der Waals surface area contributed by atoms with Gasteiger partial charge in [-0.3, -0.25) is 0 Å². The van der Waals surface area contributed by atoms with Gasteiger partial charge in [0, 0.05) is 0 Å². The van der Waals surface area contributed by atoms with E-state index in [0.29, 0.717) is 10.3 Å². The number of pyridine rings is 1. The van der Waals surface area contributed by atoms with Gasteiger partial charge in [0.1, 0.15) is 10.3 Å². The summed E-state index contributed by atoms with van der Waals surface area (Å²) in [6.07, 6.45) is 3.29. The number of halogens is 2. The van der Waals surface area contributed by atoms with Crippen molar-refractivity contribution in [3.05, 3.63) is 27.5 Å². The average Bonchev–Trinajstić information content (AvgIpc) is 2.09. The van der Waals surface area contributed by atoms with Crippen molar-refractivity contribution in [3.63, 3.8) is 0 Å². The fourth-order valence-corrected chi connectivity index (χ4v) is 1.59. The van der Waals surface area contributed by atoms with Crippen LogP contribution >= 0.6 is 23.2 Å². The Balaban J connectivity index is 2.88. The van der Waals surface area contributed by atoms with E-state index in [1.807, 2.05) is 13.0 Å². The van der Waals surface area contributed by atoms with Gasteiger partial charge in [-0.2, -0.15) is 0 Å². The summed E-state index contributed by atoms with van der Waals surface area (Å²) in [6, 6.07) is 2.02. The first kappa shape index (κ1) is 10.8. The van der Waals surface area contributed by atoms with Crippen LogP contribution in [0, 0.1) is 6.92 Å². The van der Waals surface area contributed by atoms with E-state index >= 15 is 0 Å². The molecule has 0 spiro atoms. The maximum Gasteiger partial charge on any atom is 0.134 e. The highest BCUT2D eigenvalue weighted by atomic mass is 35.5. The first-order chi connectivity index (χ1) is 6.15. The van der Waals surface area contributed by atoms with Gasteiger partial charge in [-0.1, -0.05) is 36.5 Å². The van der Waals surface area contributed by atoms with Crippen molar-refractivity contribution in [3.8, 4) is 0 Å². The highest BCUT2D eigenvalue weighted by Gasteiger charge is 2.05. The standard InChI is InChI=1S/C10H13Cl2N/c1-3-4-5-8-6-7(2)9(11)13-10(8)12/h6H,3-5H2,1-2H3. The minimum absolute atomic E-state index is 0.505. The van der Waals surface area contributed by atoms with Gasteiger partial charge in [0.15, 0.2) is 0 Å². The zero-order valence-electron chi connectivity index (χ0n) is 7.90. The Bertz CT molecular complexity index is 297. The molecule has 0 saturated carbocycles. The Kier molecular flexibility index (Phi) is 4.01. The third-order valence-electron chi connectivity index (χ3n) is 1.98. The Hall–Kier alpha value is -0.270. The summed E-state index contributed by atoms with van der Waals surface area (Å²) in [4.78, 5) is 4.06. The van der Waals surface area contributed by atoms with E-state index in [9.17, 15) is 0 Å². The Morgan fingerprint density at radius 3 is 2.62 bits per heavy atom. The van der Waals surface area contributed by atoms with Crippen LogP contribution in [0.5, 0.6) is 0 Å². The molecule has 0 amide bonds. The summed E-state index contributed by atoms with van der Waals surface area (Å²) in [5.41, 5.74) is 2.10. The quantitative estimate of drug-likeness (QED) is 0.697. The van der Waals surface area contributed by atoms with Crippen LogP contribution in [0.15, 0.2) is 6.07 Å². The molecule has 0 atom stereocenters. The Morgan fingerprint density at radius 2 is 2.00 bits per heavy atom. The van der Waals surface area contributed by atoms with E-state index < -0.39 is 0 Å². The SMILES string of the molecule is CCCCc1cc(C)c(Cl)nc1Cl. The maximum atomic E-state index is 5.94. The minimum atomic E-state index is 0.505. The third kappa shape index (κ3) is 2.85. The fourth-order valence-electron chi connectivity index (χ4n) is 1.17.